The molecule has 2 N–H and O–H groups in total. The van der Waals surface area contributed by atoms with E-state index in [0.29, 0.717) is 15.7 Å². The molecule has 0 atom stereocenters. The number of rotatable bonds is 4. The average molecular weight is 369 g/mol. The Morgan fingerprint density at radius 1 is 1.17 bits per heavy atom. The zero-order valence-electron chi connectivity index (χ0n) is 12.2. The van der Waals surface area contributed by atoms with Gasteiger partial charge in [0.1, 0.15) is 5.75 Å². The minimum Gasteiger partial charge on any atom is -0.497 e. The molecule has 0 heterocycles. The summed E-state index contributed by atoms with van der Waals surface area (Å²) in [5.41, 5.74) is 1.39. The number of carbonyl (C=O) groups excluding carboxylic acids is 1. The number of methoxy groups -OCH3 is 1. The lowest BCUT2D eigenvalue weighted by Crippen LogP contribution is -2.35. The maximum atomic E-state index is 12.0. The van der Waals surface area contributed by atoms with E-state index in [9.17, 15) is 4.79 Å². The van der Waals surface area contributed by atoms with Crippen LogP contribution in [0.1, 0.15) is 5.56 Å². The third kappa shape index (κ3) is 5.10. The number of benzene rings is 2. The molecule has 0 fully saturated rings. The van der Waals surface area contributed by atoms with Crippen LogP contribution in [-0.2, 0) is 11.2 Å². The van der Waals surface area contributed by atoms with Crippen molar-refractivity contribution >= 4 is 52.1 Å². The molecule has 7 heteroatoms. The molecule has 0 aliphatic rings. The van der Waals surface area contributed by atoms with Crippen molar-refractivity contribution in [2.45, 2.75) is 6.42 Å². The van der Waals surface area contributed by atoms with Crippen LogP contribution in [0, 0.1) is 0 Å². The minimum absolute atomic E-state index is 0.160. The molecule has 0 aromatic heterocycles. The third-order valence-electron chi connectivity index (χ3n) is 2.98. The quantitative estimate of drug-likeness (QED) is 0.799. The molecule has 0 radical (unpaired) electrons. The van der Waals surface area contributed by atoms with E-state index in [2.05, 4.69) is 10.6 Å². The van der Waals surface area contributed by atoms with Crippen molar-refractivity contribution in [3.8, 4) is 5.75 Å². The van der Waals surface area contributed by atoms with Crippen molar-refractivity contribution in [1.29, 1.82) is 0 Å². The molecule has 0 bridgehead atoms. The lowest BCUT2D eigenvalue weighted by Gasteiger charge is -2.11. The number of thiocarbonyl (C=S) groups is 1. The maximum Gasteiger partial charge on any atom is 0.230 e. The summed E-state index contributed by atoms with van der Waals surface area (Å²) in [6, 6.07) is 12.4. The number of nitrogens with one attached hydrogen (secondary N) is 2. The number of anilines is 1. The molecule has 2 aromatic rings. The summed E-state index contributed by atoms with van der Waals surface area (Å²) in [5, 5.41) is 6.36. The summed E-state index contributed by atoms with van der Waals surface area (Å²) in [5.74, 6) is 0.507. The highest BCUT2D eigenvalue weighted by atomic mass is 35.5. The standard InChI is InChI=1S/C16H14Cl2N2O2S/c1-22-11-7-5-10(6-8-11)9-14(21)20-16(23)19-13-4-2-3-12(17)15(13)18/h2-8H,9H2,1H3,(H2,19,20,21,23). The van der Waals surface area contributed by atoms with Gasteiger partial charge in [0.05, 0.1) is 29.3 Å². The van der Waals surface area contributed by atoms with Crippen LogP contribution in [0.15, 0.2) is 42.5 Å². The predicted molar refractivity (Wildman–Crippen MR) is 97.5 cm³/mol. The van der Waals surface area contributed by atoms with Crippen molar-refractivity contribution in [1.82, 2.24) is 5.32 Å². The molecule has 0 saturated heterocycles. The van der Waals surface area contributed by atoms with Gasteiger partial charge in [-0.2, -0.15) is 0 Å². The monoisotopic (exact) mass is 368 g/mol. The van der Waals surface area contributed by atoms with Crippen molar-refractivity contribution in [3.63, 3.8) is 0 Å². The number of amides is 1. The molecule has 1 amide bonds. The Kier molecular flexibility index (Phi) is 6.21. The van der Waals surface area contributed by atoms with E-state index in [1.807, 2.05) is 12.1 Å². The second kappa shape index (κ2) is 8.15. The molecule has 4 nitrogen and oxygen atoms in total. The molecule has 2 rings (SSSR count). The largest absolute Gasteiger partial charge is 0.497 e. The molecule has 0 aliphatic carbocycles. The molecule has 0 spiro atoms. The van der Waals surface area contributed by atoms with Crippen molar-refractivity contribution in [2.24, 2.45) is 0 Å². The van der Waals surface area contributed by atoms with Crippen molar-refractivity contribution in [3.05, 3.63) is 58.1 Å². The summed E-state index contributed by atoms with van der Waals surface area (Å²) in [6.45, 7) is 0. The highest BCUT2D eigenvalue weighted by molar-refractivity contribution is 7.80. The van der Waals surface area contributed by atoms with Gasteiger partial charge in [-0.05, 0) is 42.0 Å². The van der Waals surface area contributed by atoms with Crippen molar-refractivity contribution in [2.75, 3.05) is 12.4 Å². The Labute approximate surface area is 149 Å². The highest BCUT2D eigenvalue weighted by Crippen LogP contribution is 2.29. The van der Waals surface area contributed by atoms with E-state index in [-0.39, 0.29) is 17.4 Å². The Hall–Kier alpha value is -1.82. The van der Waals surface area contributed by atoms with Crippen molar-refractivity contribution < 1.29 is 9.53 Å². The van der Waals surface area contributed by atoms with Gasteiger partial charge in [0.25, 0.3) is 0 Å². The molecule has 0 unspecified atom stereocenters. The third-order valence-corrected chi connectivity index (χ3v) is 4.00. The van der Waals surface area contributed by atoms with E-state index < -0.39 is 0 Å². The average Bonchev–Trinajstić information content (AvgIpc) is 2.52. The van der Waals surface area contributed by atoms with Gasteiger partial charge in [-0.15, -0.1) is 0 Å². The molecule has 120 valence electrons. The second-order valence-corrected chi connectivity index (χ2v) is 5.82. The van der Waals surface area contributed by atoms with Crippen LogP contribution in [0.4, 0.5) is 5.69 Å². The Balaban J connectivity index is 1.91. The van der Waals surface area contributed by atoms with E-state index in [0.717, 1.165) is 11.3 Å². The van der Waals surface area contributed by atoms with Gasteiger partial charge in [-0.1, -0.05) is 41.4 Å². The molecule has 0 saturated carbocycles. The summed E-state index contributed by atoms with van der Waals surface area (Å²) in [7, 11) is 1.59. The van der Waals surface area contributed by atoms with Gasteiger partial charge in [0.2, 0.25) is 5.91 Å². The topological polar surface area (TPSA) is 50.4 Å². The number of ether oxygens (including phenoxy) is 1. The normalized spacial score (nSPS) is 10.0. The number of carbonyl (C=O) groups is 1. The van der Waals surface area contributed by atoms with Crippen LogP contribution >= 0.6 is 35.4 Å². The number of hydrogen-bond acceptors (Lipinski definition) is 3. The molecule has 0 aliphatic heterocycles. The highest BCUT2D eigenvalue weighted by Gasteiger charge is 2.09. The lowest BCUT2D eigenvalue weighted by molar-refractivity contribution is -0.119. The first kappa shape index (κ1) is 17.5. The lowest BCUT2D eigenvalue weighted by atomic mass is 10.1. The SMILES string of the molecule is COc1ccc(CC(=O)NC(=S)Nc2cccc(Cl)c2Cl)cc1. The summed E-state index contributed by atoms with van der Waals surface area (Å²) >= 11 is 17.1. The summed E-state index contributed by atoms with van der Waals surface area (Å²) < 4.78 is 5.07. The maximum absolute atomic E-state index is 12.0. The van der Waals surface area contributed by atoms with Crippen LogP contribution < -0.4 is 15.4 Å². The van der Waals surface area contributed by atoms with E-state index >= 15 is 0 Å². The van der Waals surface area contributed by atoms with Crippen LogP contribution in [0.2, 0.25) is 10.0 Å². The van der Waals surface area contributed by atoms with Gasteiger partial charge in [0.15, 0.2) is 5.11 Å². The Bertz CT molecular complexity index is 721. The Morgan fingerprint density at radius 2 is 1.87 bits per heavy atom. The minimum atomic E-state index is -0.231. The fourth-order valence-corrected chi connectivity index (χ4v) is 2.43. The van der Waals surface area contributed by atoms with Gasteiger partial charge in [-0.25, -0.2) is 0 Å². The van der Waals surface area contributed by atoms with Crippen LogP contribution in [-0.4, -0.2) is 18.1 Å². The number of hydrogen-bond donors (Lipinski definition) is 2. The smallest absolute Gasteiger partial charge is 0.230 e. The first-order valence-corrected chi connectivity index (χ1v) is 7.84. The van der Waals surface area contributed by atoms with Gasteiger partial charge in [0, 0.05) is 0 Å². The van der Waals surface area contributed by atoms with Crippen LogP contribution in [0.25, 0.3) is 0 Å². The van der Waals surface area contributed by atoms with Gasteiger partial charge in [-0.3, -0.25) is 4.79 Å². The van der Waals surface area contributed by atoms with Gasteiger partial charge >= 0.3 is 0 Å². The zero-order valence-corrected chi connectivity index (χ0v) is 14.6. The fraction of sp³-hybridized carbons (Fsp3) is 0.125. The summed E-state index contributed by atoms with van der Waals surface area (Å²) in [6.07, 6.45) is 0.203. The summed E-state index contributed by atoms with van der Waals surface area (Å²) in [4.78, 5) is 12.0. The van der Waals surface area contributed by atoms with E-state index in [4.69, 9.17) is 40.2 Å². The Morgan fingerprint density at radius 3 is 2.52 bits per heavy atom. The van der Waals surface area contributed by atoms with E-state index in [1.165, 1.54) is 0 Å². The molecule has 2 aromatic carbocycles. The van der Waals surface area contributed by atoms with Crippen LogP contribution in [0.5, 0.6) is 5.75 Å². The first-order valence-electron chi connectivity index (χ1n) is 6.67. The molecule has 23 heavy (non-hydrogen) atoms. The van der Waals surface area contributed by atoms with Crippen LogP contribution in [0.3, 0.4) is 0 Å². The molecular weight excluding hydrogens is 355 g/mol. The van der Waals surface area contributed by atoms with Gasteiger partial charge < -0.3 is 15.4 Å². The fourth-order valence-electron chi connectivity index (χ4n) is 1.85. The number of halogens is 2. The second-order valence-electron chi connectivity index (χ2n) is 4.63. The predicted octanol–water partition coefficient (Wildman–Crippen LogP) is 4.06. The zero-order chi connectivity index (χ0) is 16.8. The first-order chi connectivity index (χ1) is 11.0. The molecular formula is C16H14Cl2N2O2S. The van der Waals surface area contributed by atoms with E-state index in [1.54, 1.807) is 37.4 Å².